The van der Waals surface area contributed by atoms with Crippen molar-refractivity contribution in [3.05, 3.63) is 242 Å². The fourth-order valence-corrected chi connectivity index (χ4v) is 10.3. The number of aliphatic imine (C=N–C) groups is 2. The van der Waals surface area contributed by atoms with Gasteiger partial charge in [-0.15, -0.1) is 0 Å². The summed E-state index contributed by atoms with van der Waals surface area (Å²) in [5, 5.41) is 6.20. The van der Waals surface area contributed by atoms with Gasteiger partial charge in [-0.1, -0.05) is 176 Å². The van der Waals surface area contributed by atoms with Gasteiger partial charge >= 0.3 is 0 Å². The van der Waals surface area contributed by atoms with Crippen LogP contribution in [0.1, 0.15) is 81.1 Å². The van der Waals surface area contributed by atoms with Crippen molar-refractivity contribution >= 4 is 40.4 Å². The summed E-state index contributed by atoms with van der Waals surface area (Å²) in [4.78, 5) is 10.9. The Balaban J connectivity index is 1.10. The molecule has 3 aliphatic carbocycles. The van der Waals surface area contributed by atoms with Crippen molar-refractivity contribution in [3.8, 4) is 11.1 Å². The molecule has 0 spiro atoms. The van der Waals surface area contributed by atoms with Crippen LogP contribution in [0, 0.1) is 0 Å². The standard InChI is InChI=1S/C56H41N3O/c1-5-18-36(19-6-1)43-29-17-30-46-50-42-27-14-13-22-38(42)34-47(52(50)60-51(43)46)55-58-53(37-20-7-2-8-21-37)57-54(59-55)39-32-33-45-44-28-15-16-31-48(44)56(49(45)35-39,40-23-9-3-10-24-40)41-25-11-4-12-26-41/h1-12,14-16,18-21,23-28,30-35,55H,13,17,22,29H2,(H,57,58,59). The minimum atomic E-state index is -0.530. The zero-order valence-corrected chi connectivity index (χ0v) is 33.1. The van der Waals surface area contributed by atoms with Crippen molar-refractivity contribution in [3.63, 3.8) is 0 Å². The smallest absolute Gasteiger partial charge is 0.159 e. The van der Waals surface area contributed by atoms with E-state index in [1.54, 1.807) is 0 Å². The molecule has 4 nitrogen and oxygen atoms in total. The van der Waals surface area contributed by atoms with Crippen LogP contribution in [0.15, 0.2) is 190 Å². The lowest BCUT2D eigenvalue weighted by Gasteiger charge is -2.34. The molecule has 4 heteroatoms. The van der Waals surface area contributed by atoms with E-state index < -0.39 is 11.6 Å². The third-order valence-electron chi connectivity index (χ3n) is 13.0. The topological polar surface area (TPSA) is 49.9 Å². The van der Waals surface area contributed by atoms with Gasteiger partial charge in [-0.25, -0.2) is 9.98 Å². The van der Waals surface area contributed by atoms with Crippen LogP contribution in [-0.4, -0.2) is 11.7 Å². The highest BCUT2D eigenvalue weighted by Gasteiger charge is 2.46. The second-order valence-corrected chi connectivity index (χ2v) is 16.2. The number of amidine groups is 2. The fourth-order valence-electron chi connectivity index (χ4n) is 10.3. The van der Waals surface area contributed by atoms with Gasteiger partial charge in [0.05, 0.1) is 5.41 Å². The lowest BCUT2D eigenvalue weighted by Crippen LogP contribution is -2.34. The number of fused-ring (bicyclic) bond motifs is 8. The number of furan rings is 1. The second-order valence-electron chi connectivity index (χ2n) is 16.2. The summed E-state index contributed by atoms with van der Waals surface area (Å²) in [5.74, 6) is 1.48. The maximum atomic E-state index is 7.16. The Kier molecular flexibility index (Phi) is 8.06. The summed E-state index contributed by atoms with van der Waals surface area (Å²) in [6, 6.07) is 61.2. The van der Waals surface area contributed by atoms with Crippen LogP contribution in [0.3, 0.4) is 0 Å². The van der Waals surface area contributed by atoms with Gasteiger partial charge in [-0.2, -0.15) is 0 Å². The maximum Gasteiger partial charge on any atom is 0.159 e. The maximum absolute atomic E-state index is 7.16. The third-order valence-corrected chi connectivity index (χ3v) is 13.0. The number of nitrogens with zero attached hydrogens (tertiary/aromatic N) is 2. The Hall–Kier alpha value is -7.30. The fraction of sp³-hybridized carbons (Fsp3) is 0.107. The van der Waals surface area contributed by atoms with E-state index >= 15 is 0 Å². The van der Waals surface area contributed by atoms with Crippen molar-refractivity contribution in [2.75, 3.05) is 0 Å². The minimum absolute atomic E-state index is 0.447. The van der Waals surface area contributed by atoms with E-state index in [1.165, 1.54) is 66.2 Å². The molecule has 0 radical (unpaired) electrons. The third kappa shape index (κ3) is 5.30. The molecule has 286 valence electrons. The molecule has 12 rings (SSSR count). The normalized spacial score (nSPS) is 17.1. The van der Waals surface area contributed by atoms with Crippen LogP contribution in [0.2, 0.25) is 0 Å². The molecule has 7 aromatic carbocycles. The monoisotopic (exact) mass is 771 g/mol. The first-order valence-corrected chi connectivity index (χ1v) is 21.1. The van der Waals surface area contributed by atoms with Crippen molar-refractivity contribution in [1.82, 2.24) is 5.32 Å². The molecule has 4 aliphatic rings. The number of rotatable bonds is 6. The Labute approximate surface area is 349 Å². The van der Waals surface area contributed by atoms with Crippen molar-refractivity contribution < 1.29 is 4.42 Å². The van der Waals surface area contributed by atoms with E-state index in [9.17, 15) is 0 Å². The van der Waals surface area contributed by atoms with Gasteiger partial charge in [-0.3, -0.25) is 0 Å². The quantitative estimate of drug-likeness (QED) is 0.183. The highest BCUT2D eigenvalue weighted by atomic mass is 16.3. The van der Waals surface area contributed by atoms with Gasteiger partial charge in [0.1, 0.15) is 16.8 Å². The predicted octanol–water partition coefficient (Wildman–Crippen LogP) is 11.0. The van der Waals surface area contributed by atoms with Crippen molar-refractivity contribution in [1.29, 1.82) is 0 Å². The molecule has 0 saturated carbocycles. The minimum Gasteiger partial charge on any atom is -0.455 e. The largest absolute Gasteiger partial charge is 0.455 e. The summed E-state index contributed by atoms with van der Waals surface area (Å²) in [6.45, 7) is 0. The molecule has 1 N–H and O–H groups in total. The summed E-state index contributed by atoms with van der Waals surface area (Å²) < 4.78 is 7.16. The lowest BCUT2D eigenvalue weighted by atomic mass is 9.67. The molecule has 1 aromatic heterocycles. The molecule has 0 bridgehead atoms. The Morgan fingerprint density at radius 3 is 2.02 bits per heavy atom. The van der Waals surface area contributed by atoms with Crippen LogP contribution in [0.4, 0.5) is 0 Å². The van der Waals surface area contributed by atoms with Gasteiger partial charge in [0.15, 0.2) is 12.0 Å². The average molecular weight is 772 g/mol. The van der Waals surface area contributed by atoms with E-state index in [2.05, 4.69) is 193 Å². The first-order chi connectivity index (χ1) is 29.8. The summed E-state index contributed by atoms with van der Waals surface area (Å²) in [5.41, 5.74) is 16.9. The highest BCUT2D eigenvalue weighted by Crippen LogP contribution is 2.56. The molecular formula is C56H41N3O. The van der Waals surface area contributed by atoms with Crippen LogP contribution in [0.25, 0.3) is 39.8 Å². The zero-order chi connectivity index (χ0) is 39.6. The SMILES string of the molecule is C1=Cc2c(cc(C3N=C(c4ccc5c(c4)C(c4ccccc4)(c4ccccc4)c4ccccc4-5)N=C(c4ccccc4)N3)c3oc4c(c23)=CCCC=4c2ccccc2)CC1. The van der Waals surface area contributed by atoms with Crippen molar-refractivity contribution in [2.45, 2.75) is 37.3 Å². The summed E-state index contributed by atoms with van der Waals surface area (Å²) in [7, 11) is 0. The number of aryl methyl sites for hydroxylation is 1. The van der Waals surface area contributed by atoms with Crippen LogP contribution >= 0.6 is 0 Å². The van der Waals surface area contributed by atoms with Gasteiger partial charge in [0.25, 0.3) is 0 Å². The van der Waals surface area contributed by atoms with Crippen molar-refractivity contribution in [2.24, 2.45) is 9.98 Å². The van der Waals surface area contributed by atoms with E-state index in [0.29, 0.717) is 5.84 Å². The molecular weight excluding hydrogens is 731 g/mol. The molecule has 0 amide bonds. The molecule has 60 heavy (non-hydrogen) atoms. The van der Waals surface area contributed by atoms with Gasteiger partial charge < -0.3 is 9.73 Å². The van der Waals surface area contributed by atoms with Crippen LogP contribution in [0.5, 0.6) is 0 Å². The highest BCUT2D eigenvalue weighted by molar-refractivity contribution is 6.13. The Morgan fingerprint density at radius 2 is 1.27 bits per heavy atom. The zero-order valence-electron chi connectivity index (χ0n) is 33.1. The Bertz CT molecular complexity index is 3170. The number of hydrogen-bond acceptors (Lipinski definition) is 4. The van der Waals surface area contributed by atoms with Gasteiger partial charge in [0, 0.05) is 32.9 Å². The molecule has 1 aliphatic heterocycles. The van der Waals surface area contributed by atoms with E-state index in [4.69, 9.17) is 14.4 Å². The van der Waals surface area contributed by atoms with Crippen LogP contribution in [-0.2, 0) is 11.8 Å². The number of allylic oxidation sites excluding steroid dienone is 1. The molecule has 0 saturated heterocycles. The molecule has 1 atom stereocenters. The number of benzene rings is 7. The van der Waals surface area contributed by atoms with E-state index in [1.807, 2.05) is 0 Å². The second kappa shape index (κ2) is 13.9. The number of nitrogens with one attached hydrogen (secondary N) is 1. The Morgan fingerprint density at radius 1 is 0.600 bits per heavy atom. The first kappa shape index (κ1) is 34.7. The summed E-state index contributed by atoms with van der Waals surface area (Å²) in [6.07, 6.45) is 10.4. The van der Waals surface area contributed by atoms with E-state index in [0.717, 1.165) is 59.2 Å². The van der Waals surface area contributed by atoms with Gasteiger partial charge in [0.2, 0.25) is 0 Å². The first-order valence-electron chi connectivity index (χ1n) is 21.1. The van der Waals surface area contributed by atoms with E-state index in [-0.39, 0.29) is 0 Å². The molecule has 1 unspecified atom stereocenters. The van der Waals surface area contributed by atoms with Crippen LogP contribution < -0.4 is 16.0 Å². The number of hydrogen-bond donors (Lipinski definition) is 1. The average Bonchev–Trinajstić information content (AvgIpc) is 3.87. The molecule has 2 heterocycles. The predicted molar refractivity (Wildman–Crippen MR) is 245 cm³/mol. The lowest BCUT2D eigenvalue weighted by molar-refractivity contribution is 0.555. The summed E-state index contributed by atoms with van der Waals surface area (Å²) >= 11 is 0. The molecule has 8 aromatic rings. The van der Waals surface area contributed by atoms with Gasteiger partial charge in [-0.05, 0) is 87.9 Å². The molecule has 0 fully saturated rings.